The molecule has 1 fully saturated rings. The van der Waals surface area contributed by atoms with Gasteiger partial charge in [-0.2, -0.15) is 0 Å². The van der Waals surface area contributed by atoms with E-state index in [1.165, 1.54) is 103 Å². The first-order valence-electron chi connectivity index (χ1n) is 10.4. The van der Waals surface area contributed by atoms with Gasteiger partial charge >= 0.3 is 0 Å². The van der Waals surface area contributed by atoms with Gasteiger partial charge in [-0.3, -0.25) is 5.43 Å². The lowest BCUT2D eigenvalue weighted by atomic mass is 10.1. The average molecular weight is 326 g/mol. The third-order valence-electron chi connectivity index (χ3n) is 5.27. The minimum Gasteiger partial charge on any atom is -0.303 e. The van der Waals surface area contributed by atoms with Gasteiger partial charge in [0.2, 0.25) is 0 Å². The van der Waals surface area contributed by atoms with Crippen LogP contribution in [-0.4, -0.2) is 49.7 Å². The van der Waals surface area contributed by atoms with Crippen LogP contribution in [0.1, 0.15) is 84.5 Å². The van der Waals surface area contributed by atoms with Crippen molar-refractivity contribution in [3.05, 3.63) is 0 Å². The normalized spacial score (nSPS) is 19.0. The Kier molecular flexibility index (Phi) is 13.0. The van der Waals surface area contributed by atoms with Gasteiger partial charge < -0.3 is 4.90 Å². The second kappa shape index (κ2) is 14.2. The molecule has 1 saturated heterocycles. The summed E-state index contributed by atoms with van der Waals surface area (Å²) in [6, 6.07) is 0. The summed E-state index contributed by atoms with van der Waals surface area (Å²) < 4.78 is 0. The number of hydrazine groups is 1. The number of nitrogens with zero attached hydrogens (tertiary/aromatic N) is 2. The second-order valence-electron chi connectivity index (χ2n) is 7.45. The van der Waals surface area contributed by atoms with Crippen molar-refractivity contribution in [2.45, 2.75) is 84.5 Å². The van der Waals surface area contributed by atoms with E-state index in [9.17, 15) is 0 Å². The van der Waals surface area contributed by atoms with Crippen LogP contribution in [0.3, 0.4) is 0 Å². The lowest BCUT2D eigenvalue weighted by Gasteiger charge is -2.26. The van der Waals surface area contributed by atoms with E-state index in [1.54, 1.807) is 0 Å². The molecule has 0 saturated carbocycles. The van der Waals surface area contributed by atoms with Crippen LogP contribution in [0.5, 0.6) is 0 Å². The lowest BCUT2D eigenvalue weighted by molar-refractivity contribution is 0.203. The Hall–Kier alpha value is -0.120. The molecular weight excluding hydrogens is 282 g/mol. The summed E-state index contributed by atoms with van der Waals surface area (Å²) in [7, 11) is 2.06. The van der Waals surface area contributed by atoms with Gasteiger partial charge in [0.05, 0.1) is 0 Å². The molecule has 0 radical (unpaired) electrons. The Bertz CT molecular complexity index is 257. The molecule has 0 aromatic rings. The zero-order valence-corrected chi connectivity index (χ0v) is 16.3. The van der Waals surface area contributed by atoms with Crippen LogP contribution in [0.15, 0.2) is 0 Å². The van der Waals surface area contributed by atoms with E-state index >= 15 is 0 Å². The molecule has 1 heterocycles. The van der Waals surface area contributed by atoms with E-state index in [1.807, 2.05) is 0 Å². The fourth-order valence-corrected chi connectivity index (χ4v) is 3.72. The Morgan fingerprint density at radius 2 is 1.43 bits per heavy atom. The van der Waals surface area contributed by atoms with Gasteiger partial charge in [0.1, 0.15) is 0 Å². The summed E-state index contributed by atoms with van der Waals surface area (Å²) in [6.45, 7) is 11.0. The van der Waals surface area contributed by atoms with E-state index in [-0.39, 0.29) is 0 Å². The number of hydrogen-bond donors (Lipinski definition) is 1. The van der Waals surface area contributed by atoms with Crippen LogP contribution in [0.4, 0.5) is 0 Å². The lowest BCUT2D eigenvalue weighted by Crippen LogP contribution is -2.36. The maximum Gasteiger partial charge on any atom is 0.0171 e. The molecule has 1 rings (SSSR count). The van der Waals surface area contributed by atoms with Crippen LogP contribution in [0.25, 0.3) is 0 Å². The zero-order chi connectivity index (χ0) is 16.8. The van der Waals surface area contributed by atoms with E-state index in [0.717, 1.165) is 5.92 Å². The molecule has 3 heteroatoms. The van der Waals surface area contributed by atoms with E-state index in [4.69, 9.17) is 0 Å². The Morgan fingerprint density at radius 1 is 0.870 bits per heavy atom. The van der Waals surface area contributed by atoms with Gasteiger partial charge in [0.25, 0.3) is 0 Å². The van der Waals surface area contributed by atoms with Crippen LogP contribution < -0.4 is 5.43 Å². The molecule has 0 bridgehead atoms. The summed E-state index contributed by atoms with van der Waals surface area (Å²) >= 11 is 0. The van der Waals surface area contributed by atoms with E-state index < -0.39 is 0 Å². The molecule has 1 N–H and O–H groups in total. The van der Waals surface area contributed by atoms with Crippen molar-refractivity contribution in [1.29, 1.82) is 0 Å². The molecule has 0 aliphatic carbocycles. The van der Waals surface area contributed by atoms with E-state index in [2.05, 4.69) is 36.2 Å². The highest BCUT2D eigenvalue weighted by atomic mass is 15.5. The molecular formula is C20H43N3. The predicted octanol–water partition coefficient (Wildman–Crippen LogP) is 4.69. The van der Waals surface area contributed by atoms with Gasteiger partial charge in [-0.25, -0.2) is 5.01 Å². The molecule has 23 heavy (non-hydrogen) atoms. The van der Waals surface area contributed by atoms with Crippen molar-refractivity contribution >= 4 is 0 Å². The highest BCUT2D eigenvalue weighted by Gasteiger charge is 2.23. The molecule has 1 aliphatic rings. The Balaban J connectivity index is 2.21. The number of nitrogens with one attached hydrogen (secondary N) is 1. The maximum absolute atomic E-state index is 3.31. The van der Waals surface area contributed by atoms with Crippen molar-refractivity contribution in [3.8, 4) is 0 Å². The fourth-order valence-electron chi connectivity index (χ4n) is 3.72. The first-order chi connectivity index (χ1) is 11.3. The van der Waals surface area contributed by atoms with Gasteiger partial charge in [-0.05, 0) is 45.3 Å². The summed E-state index contributed by atoms with van der Waals surface area (Å²) in [5, 5.41) is 2.38. The van der Waals surface area contributed by atoms with Gasteiger partial charge in [0.15, 0.2) is 0 Å². The quantitative estimate of drug-likeness (QED) is 0.441. The van der Waals surface area contributed by atoms with Crippen molar-refractivity contribution in [2.24, 2.45) is 5.92 Å². The molecule has 1 atom stereocenters. The van der Waals surface area contributed by atoms with Crippen molar-refractivity contribution < 1.29 is 0 Å². The first-order valence-corrected chi connectivity index (χ1v) is 10.4. The largest absolute Gasteiger partial charge is 0.303 e. The number of hydrogen-bond acceptors (Lipinski definition) is 3. The van der Waals surface area contributed by atoms with Gasteiger partial charge in [0, 0.05) is 19.6 Å². The molecule has 0 aromatic carbocycles. The molecule has 1 unspecified atom stereocenters. The summed E-state index contributed by atoms with van der Waals surface area (Å²) in [5.41, 5.74) is 3.31. The molecule has 138 valence electrons. The first kappa shape index (κ1) is 20.9. The highest BCUT2D eigenvalue weighted by Crippen LogP contribution is 2.17. The Morgan fingerprint density at radius 3 is 2.00 bits per heavy atom. The van der Waals surface area contributed by atoms with Crippen molar-refractivity contribution in [1.82, 2.24) is 15.3 Å². The average Bonchev–Trinajstić information content (AvgIpc) is 3.02. The SMILES string of the molecule is CCCCCCCCN(CCCCCC)CC1CCN(NC)C1. The topological polar surface area (TPSA) is 18.5 Å². The van der Waals surface area contributed by atoms with Gasteiger partial charge in [-0.1, -0.05) is 65.2 Å². The highest BCUT2D eigenvalue weighted by molar-refractivity contribution is 4.76. The molecule has 0 spiro atoms. The third-order valence-corrected chi connectivity index (χ3v) is 5.27. The minimum absolute atomic E-state index is 0.869. The van der Waals surface area contributed by atoms with Crippen molar-refractivity contribution in [3.63, 3.8) is 0 Å². The summed E-state index contributed by atoms with van der Waals surface area (Å²) in [4.78, 5) is 2.78. The second-order valence-corrected chi connectivity index (χ2v) is 7.45. The standard InChI is InChI=1S/C20H43N3/c1-4-6-8-10-11-13-16-22(15-12-9-7-5-2)18-20-14-17-23(19-20)21-3/h20-21H,4-19H2,1-3H3. The third kappa shape index (κ3) is 10.4. The van der Waals surface area contributed by atoms with Crippen LogP contribution in [-0.2, 0) is 0 Å². The predicted molar refractivity (Wildman–Crippen MR) is 103 cm³/mol. The molecule has 1 aliphatic heterocycles. The van der Waals surface area contributed by atoms with Crippen LogP contribution in [0, 0.1) is 5.92 Å². The Labute approximate surface area is 146 Å². The summed E-state index contributed by atoms with van der Waals surface area (Å²) in [6.07, 6.45) is 15.4. The fraction of sp³-hybridized carbons (Fsp3) is 1.00. The smallest absolute Gasteiger partial charge is 0.0171 e. The van der Waals surface area contributed by atoms with Crippen molar-refractivity contribution in [2.75, 3.05) is 39.8 Å². The monoisotopic (exact) mass is 325 g/mol. The minimum atomic E-state index is 0.869. The number of rotatable bonds is 15. The van der Waals surface area contributed by atoms with E-state index in [0.29, 0.717) is 0 Å². The zero-order valence-electron chi connectivity index (χ0n) is 16.3. The summed E-state index contributed by atoms with van der Waals surface area (Å²) in [5.74, 6) is 0.869. The molecule has 3 nitrogen and oxygen atoms in total. The van der Waals surface area contributed by atoms with Gasteiger partial charge in [-0.15, -0.1) is 0 Å². The number of unbranched alkanes of at least 4 members (excludes halogenated alkanes) is 8. The molecule has 0 aromatic heterocycles. The van der Waals surface area contributed by atoms with Crippen LogP contribution >= 0.6 is 0 Å². The maximum atomic E-state index is 3.31. The molecule has 0 amide bonds. The van der Waals surface area contributed by atoms with Crippen LogP contribution in [0.2, 0.25) is 0 Å².